The molecule has 0 fully saturated rings. The van der Waals surface area contributed by atoms with E-state index < -0.39 is 5.60 Å². The van der Waals surface area contributed by atoms with E-state index in [2.05, 4.69) is 42.2 Å². The lowest BCUT2D eigenvalue weighted by molar-refractivity contribution is 0.0524. The maximum Gasteiger partial charge on any atom is 0.251 e. The summed E-state index contributed by atoms with van der Waals surface area (Å²) in [7, 11) is 5.49. The molecule has 2 aromatic heterocycles. The van der Waals surface area contributed by atoms with E-state index >= 15 is 0 Å². The Morgan fingerprint density at radius 1 is 0.972 bits per heavy atom. The van der Waals surface area contributed by atoms with Gasteiger partial charge >= 0.3 is 0 Å². The summed E-state index contributed by atoms with van der Waals surface area (Å²) in [5.74, 6) is 0. The van der Waals surface area contributed by atoms with E-state index in [1.807, 2.05) is 54.2 Å². The number of nitrogens with zero attached hydrogens (tertiary/aromatic N) is 3. The maximum atomic E-state index is 12.9. The number of aryl methyl sites for hydroxylation is 3. The number of hydrogen-bond acceptors (Lipinski definition) is 3. The molecule has 5 nitrogen and oxygen atoms in total. The summed E-state index contributed by atoms with van der Waals surface area (Å²) < 4.78 is 10.1. The van der Waals surface area contributed by atoms with Crippen LogP contribution >= 0.6 is 11.6 Å². The fraction of sp³-hybridized carbons (Fsp3) is 0.200. The summed E-state index contributed by atoms with van der Waals surface area (Å²) in [5.41, 5.74) is 5.65. The van der Waals surface area contributed by atoms with Crippen LogP contribution < -0.4 is 5.56 Å². The first-order valence-electron chi connectivity index (χ1n) is 11.9. The number of rotatable bonds is 6. The van der Waals surface area contributed by atoms with Crippen molar-refractivity contribution in [1.82, 2.24) is 14.1 Å². The molecule has 0 aliphatic rings. The Morgan fingerprint density at radius 3 is 2.36 bits per heavy atom. The van der Waals surface area contributed by atoms with Gasteiger partial charge in [0.15, 0.2) is 5.60 Å². The summed E-state index contributed by atoms with van der Waals surface area (Å²) in [6, 6.07) is 23.9. The molecular formula is C30H28ClN3O2. The van der Waals surface area contributed by atoms with Gasteiger partial charge in [0.05, 0.1) is 23.7 Å². The number of imidazole rings is 1. The maximum absolute atomic E-state index is 12.9. The number of fused-ring (bicyclic) bond motifs is 1. The molecule has 0 radical (unpaired) electrons. The average molecular weight is 498 g/mol. The molecule has 0 spiro atoms. The highest BCUT2D eigenvalue weighted by atomic mass is 35.5. The molecular weight excluding hydrogens is 470 g/mol. The van der Waals surface area contributed by atoms with Crippen molar-refractivity contribution in [3.05, 3.63) is 123 Å². The number of benzene rings is 3. The summed E-state index contributed by atoms with van der Waals surface area (Å²) in [6.07, 6.45) is 4.59. The van der Waals surface area contributed by atoms with Crippen molar-refractivity contribution in [2.24, 2.45) is 14.1 Å². The standard InChI is InChI=1S/C30H28ClN3O2/c1-5-20-9-11-22(12-10-20)30(36-4,28-18-32-19-33(28)2)23-13-14-27-26(16-23)25(17-29(35)34(27)3)21-7-6-8-24(31)15-21/h6-19H,5H2,1-4H3. The van der Waals surface area contributed by atoms with Gasteiger partial charge in [0, 0.05) is 37.7 Å². The van der Waals surface area contributed by atoms with E-state index in [9.17, 15) is 4.79 Å². The lowest BCUT2D eigenvalue weighted by Crippen LogP contribution is -2.33. The van der Waals surface area contributed by atoms with Crippen LogP contribution in [0.2, 0.25) is 5.02 Å². The average Bonchev–Trinajstić information content (AvgIpc) is 3.33. The predicted octanol–water partition coefficient (Wildman–Crippen LogP) is 6.09. The number of methoxy groups -OCH3 is 1. The molecule has 0 aliphatic heterocycles. The Balaban J connectivity index is 1.85. The quantitative estimate of drug-likeness (QED) is 0.285. The van der Waals surface area contributed by atoms with Crippen molar-refractivity contribution in [2.45, 2.75) is 18.9 Å². The molecule has 3 aromatic carbocycles. The van der Waals surface area contributed by atoms with Crippen LogP contribution in [-0.4, -0.2) is 21.2 Å². The van der Waals surface area contributed by atoms with Crippen LogP contribution in [0.25, 0.3) is 22.0 Å². The fourth-order valence-corrected chi connectivity index (χ4v) is 5.24. The second kappa shape index (κ2) is 9.41. The van der Waals surface area contributed by atoms with E-state index in [0.29, 0.717) is 5.02 Å². The molecule has 0 aliphatic carbocycles. The van der Waals surface area contributed by atoms with Gasteiger partial charge in [-0.15, -0.1) is 0 Å². The van der Waals surface area contributed by atoms with Gasteiger partial charge in [-0.05, 0) is 58.5 Å². The van der Waals surface area contributed by atoms with Crippen molar-refractivity contribution in [2.75, 3.05) is 7.11 Å². The predicted molar refractivity (Wildman–Crippen MR) is 146 cm³/mol. The van der Waals surface area contributed by atoms with E-state index in [4.69, 9.17) is 16.3 Å². The smallest absolute Gasteiger partial charge is 0.251 e. The first-order valence-corrected chi connectivity index (χ1v) is 12.3. The van der Waals surface area contributed by atoms with Crippen LogP contribution in [-0.2, 0) is 30.9 Å². The van der Waals surface area contributed by atoms with Crippen LogP contribution in [0.4, 0.5) is 0 Å². The highest BCUT2D eigenvalue weighted by molar-refractivity contribution is 6.30. The Kier molecular flexibility index (Phi) is 6.29. The van der Waals surface area contributed by atoms with Crippen LogP contribution in [0.3, 0.4) is 0 Å². The molecule has 2 heterocycles. The summed E-state index contributed by atoms with van der Waals surface area (Å²) in [5, 5.41) is 1.56. The Hall–Kier alpha value is -3.67. The molecule has 0 saturated heterocycles. The molecule has 5 aromatic rings. The van der Waals surface area contributed by atoms with Gasteiger partial charge in [-0.1, -0.05) is 61.0 Å². The van der Waals surface area contributed by atoms with Crippen LogP contribution in [0.1, 0.15) is 29.3 Å². The van der Waals surface area contributed by atoms with Gasteiger partial charge < -0.3 is 13.9 Å². The number of hydrogen-bond donors (Lipinski definition) is 0. The Morgan fingerprint density at radius 2 is 1.72 bits per heavy atom. The zero-order valence-corrected chi connectivity index (χ0v) is 21.6. The SMILES string of the molecule is CCc1ccc(C(OC)(c2ccc3c(c2)c(-c2cccc(Cl)c2)cc(=O)n3C)c2cncn2C)cc1. The van der Waals surface area contributed by atoms with Crippen molar-refractivity contribution in [3.8, 4) is 11.1 Å². The minimum atomic E-state index is -0.911. The molecule has 1 unspecified atom stereocenters. The number of halogens is 1. The first kappa shape index (κ1) is 24.0. The topological polar surface area (TPSA) is 49.1 Å². The monoisotopic (exact) mass is 497 g/mol. The normalized spacial score (nSPS) is 13.1. The third-order valence-corrected chi connectivity index (χ3v) is 7.28. The van der Waals surface area contributed by atoms with Gasteiger partial charge in [-0.2, -0.15) is 0 Å². The van der Waals surface area contributed by atoms with E-state index in [1.165, 1.54) is 5.56 Å². The molecule has 0 N–H and O–H groups in total. The van der Waals surface area contributed by atoms with Crippen molar-refractivity contribution < 1.29 is 4.74 Å². The van der Waals surface area contributed by atoms with E-state index in [-0.39, 0.29) is 5.56 Å². The minimum absolute atomic E-state index is 0.0787. The van der Waals surface area contributed by atoms with Crippen molar-refractivity contribution in [3.63, 3.8) is 0 Å². The molecule has 36 heavy (non-hydrogen) atoms. The highest BCUT2D eigenvalue weighted by Gasteiger charge is 2.39. The molecule has 0 bridgehead atoms. The molecule has 182 valence electrons. The molecule has 0 saturated carbocycles. The van der Waals surface area contributed by atoms with Gasteiger partial charge in [0.2, 0.25) is 0 Å². The second-order valence-electron chi connectivity index (χ2n) is 9.02. The Bertz CT molecular complexity index is 1620. The Labute approximate surface area is 215 Å². The minimum Gasteiger partial charge on any atom is -0.362 e. The largest absolute Gasteiger partial charge is 0.362 e. The number of ether oxygens (including phenoxy) is 1. The van der Waals surface area contributed by atoms with Gasteiger partial charge in [0.25, 0.3) is 5.56 Å². The summed E-state index contributed by atoms with van der Waals surface area (Å²) in [4.78, 5) is 17.3. The van der Waals surface area contributed by atoms with Crippen molar-refractivity contribution >= 4 is 22.5 Å². The van der Waals surface area contributed by atoms with Gasteiger partial charge in [0.1, 0.15) is 0 Å². The molecule has 0 amide bonds. The van der Waals surface area contributed by atoms with Gasteiger partial charge in [-0.25, -0.2) is 4.98 Å². The molecule has 5 rings (SSSR count). The zero-order chi connectivity index (χ0) is 25.4. The number of aromatic nitrogens is 3. The molecule has 1 atom stereocenters. The fourth-order valence-electron chi connectivity index (χ4n) is 5.05. The van der Waals surface area contributed by atoms with Crippen LogP contribution in [0.15, 0.2) is 90.1 Å². The highest BCUT2D eigenvalue weighted by Crippen LogP contribution is 2.42. The summed E-state index contributed by atoms with van der Waals surface area (Å²) >= 11 is 6.32. The zero-order valence-electron chi connectivity index (χ0n) is 20.8. The van der Waals surface area contributed by atoms with E-state index in [0.717, 1.165) is 45.3 Å². The third kappa shape index (κ3) is 3.85. The number of pyridine rings is 1. The van der Waals surface area contributed by atoms with E-state index in [1.54, 1.807) is 31.1 Å². The van der Waals surface area contributed by atoms with Gasteiger partial charge in [-0.3, -0.25) is 4.79 Å². The third-order valence-electron chi connectivity index (χ3n) is 7.04. The van der Waals surface area contributed by atoms with Crippen molar-refractivity contribution in [1.29, 1.82) is 0 Å². The lowest BCUT2D eigenvalue weighted by Gasteiger charge is -2.34. The lowest BCUT2D eigenvalue weighted by atomic mass is 9.81. The second-order valence-corrected chi connectivity index (χ2v) is 9.46. The first-order chi connectivity index (χ1) is 17.4. The summed E-state index contributed by atoms with van der Waals surface area (Å²) in [6.45, 7) is 2.14. The van der Waals surface area contributed by atoms with Crippen LogP contribution in [0, 0.1) is 0 Å². The molecule has 6 heteroatoms. The van der Waals surface area contributed by atoms with Crippen LogP contribution in [0.5, 0.6) is 0 Å².